The van der Waals surface area contributed by atoms with Gasteiger partial charge in [0, 0.05) is 18.0 Å². The Morgan fingerprint density at radius 1 is 1.26 bits per heavy atom. The number of carbonyl (C=O) groups excluding carboxylic acids is 1. The highest BCUT2D eigenvalue weighted by Crippen LogP contribution is 2.39. The minimum Gasteiger partial charge on any atom is -0.293 e. The molecular weight excluding hydrogens is 325 g/mol. The van der Waals surface area contributed by atoms with Crippen LogP contribution in [0, 0.1) is 5.41 Å². The second-order valence-corrected chi connectivity index (χ2v) is 7.48. The van der Waals surface area contributed by atoms with Crippen molar-refractivity contribution in [3.05, 3.63) is 28.3 Å². The first kappa shape index (κ1) is 17.7. The predicted molar refractivity (Wildman–Crippen MR) is 84.7 cm³/mol. The molecule has 0 amide bonds. The minimum absolute atomic E-state index is 0.0289. The van der Waals surface area contributed by atoms with E-state index in [4.69, 9.17) is 0 Å². The topological polar surface area (TPSA) is 34.9 Å². The summed E-state index contributed by atoms with van der Waals surface area (Å²) in [5.74, 6) is -0.0289. The SMILES string of the molecule is CCc1c(-c2ccc(C(=O)C(C)(C)C)s2)nn(C)c1C(F)(F)F. The van der Waals surface area contributed by atoms with E-state index < -0.39 is 17.3 Å². The van der Waals surface area contributed by atoms with Crippen LogP contribution in [0.4, 0.5) is 13.2 Å². The maximum atomic E-state index is 13.2. The van der Waals surface area contributed by atoms with Crippen molar-refractivity contribution in [1.82, 2.24) is 9.78 Å². The molecule has 2 heterocycles. The van der Waals surface area contributed by atoms with Crippen LogP contribution in [0.5, 0.6) is 0 Å². The first-order valence-electron chi connectivity index (χ1n) is 7.25. The summed E-state index contributed by atoms with van der Waals surface area (Å²) >= 11 is 1.19. The number of aromatic nitrogens is 2. The first-order valence-corrected chi connectivity index (χ1v) is 8.06. The number of hydrogen-bond acceptors (Lipinski definition) is 3. The van der Waals surface area contributed by atoms with Crippen LogP contribution in [-0.4, -0.2) is 15.6 Å². The molecular formula is C16H19F3N2OS. The molecule has 0 aliphatic rings. The Labute approximate surface area is 137 Å². The summed E-state index contributed by atoms with van der Waals surface area (Å²) in [6.45, 7) is 7.11. The van der Waals surface area contributed by atoms with Crippen molar-refractivity contribution < 1.29 is 18.0 Å². The van der Waals surface area contributed by atoms with Gasteiger partial charge in [-0.05, 0) is 18.6 Å². The molecule has 0 aliphatic carbocycles. The summed E-state index contributed by atoms with van der Waals surface area (Å²) < 4.78 is 40.5. The molecule has 126 valence electrons. The Morgan fingerprint density at radius 3 is 2.35 bits per heavy atom. The lowest BCUT2D eigenvalue weighted by atomic mass is 9.90. The average molecular weight is 344 g/mol. The Morgan fingerprint density at radius 2 is 1.87 bits per heavy atom. The van der Waals surface area contributed by atoms with Crippen LogP contribution in [0.15, 0.2) is 12.1 Å². The number of aryl methyl sites for hydroxylation is 1. The number of Topliss-reactive ketones (excluding diaryl/α,β-unsaturated/α-hetero) is 1. The van der Waals surface area contributed by atoms with Gasteiger partial charge in [0.25, 0.3) is 0 Å². The largest absolute Gasteiger partial charge is 0.433 e. The number of rotatable bonds is 3. The lowest BCUT2D eigenvalue weighted by Crippen LogP contribution is -2.18. The molecule has 3 nitrogen and oxygen atoms in total. The lowest BCUT2D eigenvalue weighted by Gasteiger charge is -2.14. The van der Waals surface area contributed by atoms with Crippen LogP contribution in [0.3, 0.4) is 0 Å². The van der Waals surface area contributed by atoms with E-state index in [-0.39, 0.29) is 17.8 Å². The Balaban J connectivity index is 2.53. The molecule has 0 spiro atoms. The highest BCUT2D eigenvalue weighted by atomic mass is 32.1. The van der Waals surface area contributed by atoms with E-state index >= 15 is 0 Å². The van der Waals surface area contributed by atoms with Gasteiger partial charge in [-0.25, -0.2) is 0 Å². The van der Waals surface area contributed by atoms with Gasteiger partial charge < -0.3 is 0 Å². The molecule has 0 aromatic carbocycles. The summed E-state index contributed by atoms with van der Waals surface area (Å²) in [7, 11) is 1.29. The van der Waals surface area contributed by atoms with Crippen molar-refractivity contribution in [2.24, 2.45) is 12.5 Å². The Bertz CT molecular complexity index is 736. The molecule has 0 unspecified atom stereocenters. The fourth-order valence-corrected chi connectivity index (χ4v) is 3.58. The number of alkyl halides is 3. The normalized spacial score (nSPS) is 12.7. The molecule has 0 radical (unpaired) electrons. The van der Waals surface area contributed by atoms with Crippen molar-refractivity contribution in [3.8, 4) is 10.6 Å². The third-order valence-corrected chi connectivity index (χ3v) is 4.60. The zero-order chi connectivity index (χ0) is 17.6. The number of halogens is 3. The van der Waals surface area contributed by atoms with Gasteiger partial charge in [0.2, 0.25) is 0 Å². The second kappa shape index (κ2) is 5.78. The van der Waals surface area contributed by atoms with Gasteiger partial charge in [0.1, 0.15) is 11.4 Å². The van der Waals surface area contributed by atoms with Gasteiger partial charge in [-0.1, -0.05) is 27.7 Å². The zero-order valence-electron chi connectivity index (χ0n) is 13.7. The quantitative estimate of drug-likeness (QED) is 0.738. The van der Waals surface area contributed by atoms with E-state index in [1.165, 1.54) is 18.4 Å². The fourth-order valence-electron chi connectivity index (χ4n) is 2.41. The molecule has 0 bridgehead atoms. The van der Waals surface area contributed by atoms with Crippen LogP contribution in [0.1, 0.15) is 48.6 Å². The van der Waals surface area contributed by atoms with Crippen LogP contribution < -0.4 is 0 Å². The van der Waals surface area contributed by atoms with Crippen molar-refractivity contribution in [3.63, 3.8) is 0 Å². The fraction of sp³-hybridized carbons (Fsp3) is 0.500. The minimum atomic E-state index is -4.45. The first-order chi connectivity index (χ1) is 10.5. The predicted octanol–water partition coefficient (Wildman–Crippen LogP) is 4.96. The van der Waals surface area contributed by atoms with E-state index in [1.54, 1.807) is 19.1 Å². The summed E-state index contributed by atoms with van der Waals surface area (Å²) in [4.78, 5) is 13.4. The number of nitrogens with zero attached hydrogens (tertiary/aromatic N) is 2. The number of thiophene rings is 1. The molecule has 0 N–H and O–H groups in total. The van der Waals surface area contributed by atoms with Gasteiger partial charge in [-0.15, -0.1) is 11.3 Å². The van der Waals surface area contributed by atoms with Crippen LogP contribution >= 0.6 is 11.3 Å². The Kier molecular flexibility index (Phi) is 4.45. The maximum absolute atomic E-state index is 13.2. The molecule has 0 saturated heterocycles. The zero-order valence-corrected chi connectivity index (χ0v) is 14.5. The maximum Gasteiger partial charge on any atom is 0.433 e. The number of hydrogen-bond donors (Lipinski definition) is 0. The van der Waals surface area contributed by atoms with Crippen LogP contribution in [0.2, 0.25) is 0 Å². The molecule has 2 aromatic rings. The average Bonchev–Trinajstić information content (AvgIpc) is 2.99. The van der Waals surface area contributed by atoms with Gasteiger partial charge in [-0.2, -0.15) is 18.3 Å². The second-order valence-electron chi connectivity index (χ2n) is 6.39. The molecule has 0 aliphatic heterocycles. The van der Waals surface area contributed by atoms with Crippen LogP contribution in [-0.2, 0) is 19.6 Å². The molecule has 7 heteroatoms. The van der Waals surface area contributed by atoms with Crippen LogP contribution in [0.25, 0.3) is 10.6 Å². The third-order valence-electron chi connectivity index (χ3n) is 3.51. The smallest absolute Gasteiger partial charge is 0.293 e. The van der Waals surface area contributed by atoms with Gasteiger partial charge in [0.15, 0.2) is 5.78 Å². The number of carbonyl (C=O) groups is 1. The van der Waals surface area contributed by atoms with Crippen molar-refractivity contribution in [1.29, 1.82) is 0 Å². The van der Waals surface area contributed by atoms with E-state index in [0.29, 0.717) is 15.4 Å². The summed E-state index contributed by atoms with van der Waals surface area (Å²) in [6.07, 6.45) is -4.23. The molecule has 2 rings (SSSR count). The third kappa shape index (κ3) is 3.34. The van der Waals surface area contributed by atoms with Gasteiger partial charge >= 0.3 is 6.18 Å². The van der Waals surface area contributed by atoms with E-state index in [0.717, 1.165) is 4.68 Å². The summed E-state index contributed by atoms with van der Waals surface area (Å²) in [6, 6.07) is 3.33. The molecule has 0 saturated carbocycles. The van der Waals surface area contributed by atoms with Gasteiger partial charge in [0.05, 0.1) is 9.75 Å². The summed E-state index contributed by atoms with van der Waals surface area (Å²) in [5.41, 5.74) is -0.791. The highest BCUT2D eigenvalue weighted by Gasteiger charge is 2.39. The highest BCUT2D eigenvalue weighted by molar-refractivity contribution is 7.17. The molecule has 0 fully saturated rings. The number of ketones is 1. The van der Waals surface area contributed by atoms with Crippen molar-refractivity contribution >= 4 is 17.1 Å². The van der Waals surface area contributed by atoms with Crippen molar-refractivity contribution in [2.45, 2.75) is 40.3 Å². The van der Waals surface area contributed by atoms with E-state index in [1.807, 2.05) is 20.8 Å². The Hall–Kier alpha value is -1.63. The van der Waals surface area contributed by atoms with Gasteiger partial charge in [-0.3, -0.25) is 9.48 Å². The molecule has 2 aromatic heterocycles. The summed E-state index contributed by atoms with van der Waals surface area (Å²) in [5, 5.41) is 4.05. The van der Waals surface area contributed by atoms with E-state index in [2.05, 4.69) is 5.10 Å². The monoisotopic (exact) mass is 344 g/mol. The molecule has 23 heavy (non-hydrogen) atoms. The lowest BCUT2D eigenvalue weighted by molar-refractivity contribution is -0.144. The standard InChI is InChI=1S/C16H19F3N2OS/c1-6-9-12(20-21(5)13(9)16(17,18)19)10-7-8-11(23-10)14(22)15(2,3)4/h7-8H,6H2,1-5H3. The van der Waals surface area contributed by atoms with E-state index in [9.17, 15) is 18.0 Å². The molecule has 0 atom stereocenters. The van der Waals surface area contributed by atoms with Crippen molar-refractivity contribution in [2.75, 3.05) is 0 Å².